The number of carboxylic acids is 1. The number of ether oxygens (including phenoxy) is 1. The lowest BCUT2D eigenvalue weighted by Gasteiger charge is -2.19. The van der Waals surface area contributed by atoms with E-state index in [9.17, 15) is 19.5 Å². The Balaban J connectivity index is 1.15. The van der Waals surface area contributed by atoms with Crippen LogP contribution in [0, 0.1) is 0 Å². The van der Waals surface area contributed by atoms with Gasteiger partial charge in [0, 0.05) is 31.5 Å². The molecule has 0 spiro atoms. The van der Waals surface area contributed by atoms with E-state index in [1.807, 2.05) is 24.3 Å². The van der Waals surface area contributed by atoms with Crippen LogP contribution in [0.25, 0.3) is 11.1 Å². The maximum absolute atomic E-state index is 12.6. The molecule has 5 rings (SSSR count). The topological polar surface area (TPSA) is 123 Å². The van der Waals surface area contributed by atoms with Gasteiger partial charge in [0.2, 0.25) is 5.91 Å². The first-order valence-electron chi connectivity index (χ1n) is 11.5. The van der Waals surface area contributed by atoms with E-state index in [1.165, 1.54) is 17.9 Å². The monoisotopic (exact) mass is 474 g/mol. The zero-order chi connectivity index (χ0) is 24.6. The summed E-state index contributed by atoms with van der Waals surface area (Å²) in [6, 6.07) is 16.3. The zero-order valence-electron chi connectivity index (χ0n) is 19.3. The number of hydrogen-bond acceptors (Lipinski definition) is 5. The number of carbonyl (C=O) groups is 3. The first-order valence-corrected chi connectivity index (χ1v) is 11.5. The summed E-state index contributed by atoms with van der Waals surface area (Å²) < 4.78 is 6.87. The second kappa shape index (κ2) is 8.90. The molecule has 1 aromatic heterocycles. The highest BCUT2D eigenvalue weighted by molar-refractivity contribution is 5.87. The minimum atomic E-state index is -1.11. The molecule has 2 aliphatic carbocycles. The molecule has 9 nitrogen and oxygen atoms in total. The highest BCUT2D eigenvalue weighted by Crippen LogP contribution is 2.44. The van der Waals surface area contributed by atoms with E-state index in [0.717, 1.165) is 22.3 Å². The average molecular weight is 475 g/mol. The Morgan fingerprint density at radius 2 is 1.71 bits per heavy atom. The summed E-state index contributed by atoms with van der Waals surface area (Å²) in [4.78, 5) is 36.5. The molecule has 2 aliphatic rings. The van der Waals surface area contributed by atoms with Gasteiger partial charge in [-0.25, -0.2) is 9.59 Å². The lowest BCUT2D eigenvalue weighted by molar-refractivity contribution is -0.121. The molecular weight excluding hydrogens is 448 g/mol. The van der Waals surface area contributed by atoms with Gasteiger partial charge in [-0.15, -0.1) is 0 Å². The van der Waals surface area contributed by atoms with Crippen LogP contribution in [0.3, 0.4) is 0 Å². The molecule has 2 aromatic carbocycles. The number of amides is 2. The lowest BCUT2D eigenvalue weighted by Crippen LogP contribution is -2.41. The number of aromatic carboxylic acids is 1. The van der Waals surface area contributed by atoms with E-state index in [4.69, 9.17) is 4.74 Å². The van der Waals surface area contributed by atoms with E-state index in [2.05, 4.69) is 40.0 Å². The third kappa shape index (κ3) is 4.49. The quantitative estimate of drug-likeness (QED) is 0.461. The van der Waals surface area contributed by atoms with Gasteiger partial charge in [0.15, 0.2) is 5.69 Å². The molecule has 2 amide bonds. The molecule has 0 saturated heterocycles. The van der Waals surface area contributed by atoms with Crippen LogP contribution in [0.1, 0.15) is 52.4 Å². The molecule has 9 heteroatoms. The number of nitrogens with zero attached hydrogens (tertiary/aromatic N) is 2. The molecule has 0 unspecified atom stereocenters. The fraction of sp³-hybridized carbons (Fsp3) is 0.308. The number of nitrogens with one attached hydrogen (secondary N) is 2. The standard InChI is InChI=1S/C26H26N4O5/c1-30-23(24(32)33)16(14-28-30)13-27-22(31)12-26(10-11-26)29-25(34)35-15-21-19-8-4-2-6-17(19)18-7-3-5-9-20(18)21/h2-9,14,21H,10-13,15H2,1H3,(H,27,31)(H,29,34)(H,32,33). The van der Waals surface area contributed by atoms with Crippen molar-refractivity contribution in [1.82, 2.24) is 20.4 Å². The van der Waals surface area contributed by atoms with E-state index in [1.54, 1.807) is 0 Å². The summed E-state index contributed by atoms with van der Waals surface area (Å²) in [5, 5.41) is 18.8. The van der Waals surface area contributed by atoms with E-state index in [-0.39, 0.29) is 37.1 Å². The van der Waals surface area contributed by atoms with Gasteiger partial charge >= 0.3 is 12.1 Å². The van der Waals surface area contributed by atoms with Gasteiger partial charge in [-0.2, -0.15) is 5.10 Å². The summed E-state index contributed by atoms with van der Waals surface area (Å²) in [6.45, 7) is 0.260. The summed E-state index contributed by atoms with van der Waals surface area (Å²) in [7, 11) is 1.53. The van der Waals surface area contributed by atoms with Crippen LogP contribution in [0.5, 0.6) is 0 Å². The van der Waals surface area contributed by atoms with E-state index in [0.29, 0.717) is 18.4 Å². The molecule has 180 valence electrons. The van der Waals surface area contributed by atoms with Crippen LogP contribution in [0.2, 0.25) is 0 Å². The van der Waals surface area contributed by atoms with Crippen LogP contribution >= 0.6 is 0 Å². The molecular formula is C26H26N4O5. The molecule has 3 N–H and O–H groups in total. The molecule has 1 fully saturated rings. The maximum atomic E-state index is 12.6. The number of fused-ring (bicyclic) bond motifs is 3. The Kier molecular flexibility index (Phi) is 5.76. The van der Waals surface area contributed by atoms with Crippen LogP contribution in [-0.2, 0) is 23.1 Å². The second-order valence-corrected chi connectivity index (χ2v) is 9.13. The van der Waals surface area contributed by atoms with Crippen molar-refractivity contribution in [3.63, 3.8) is 0 Å². The summed E-state index contributed by atoms with van der Waals surface area (Å²) in [5.74, 6) is -1.42. The highest BCUT2D eigenvalue weighted by Gasteiger charge is 2.46. The summed E-state index contributed by atoms with van der Waals surface area (Å²) in [5.41, 5.74) is 4.42. The Bertz CT molecular complexity index is 1270. The predicted octanol–water partition coefficient (Wildman–Crippen LogP) is 3.20. The molecule has 1 saturated carbocycles. The number of hydrogen-bond donors (Lipinski definition) is 3. The van der Waals surface area contributed by atoms with Crippen molar-refractivity contribution in [2.45, 2.75) is 37.3 Å². The summed E-state index contributed by atoms with van der Waals surface area (Å²) >= 11 is 0. The van der Waals surface area contributed by atoms with Crippen LogP contribution in [0.15, 0.2) is 54.7 Å². The van der Waals surface area contributed by atoms with Crippen molar-refractivity contribution in [1.29, 1.82) is 0 Å². The Labute approximate surface area is 202 Å². The summed E-state index contributed by atoms with van der Waals surface area (Å²) in [6.07, 6.45) is 2.33. The number of rotatable bonds is 8. The molecule has 0 radical (unpaired) electrons. The highest BCUT2D eigenvalue weighted by atomic mass is 16.5. The number of benzene rings is 2. The number of carboxylic acid groups (broad SMARTS) is 1. The van der Waals surface area contributed by atoms with E-state index < -0.39 is 17.6 Å². The normalized spacial score (nSPS) is 15.1. The molecule has 0 bridgehead atoms. The molecule has 3 aromatic rings. The molecule has 35 heavy (non-hydrogen) atoms. The minimum absolute atomic E-state index is 0.0307. The predicted molar refractivity (Wildman–Crippen MR) is 127 cm³/mol. The van der Waals surface area contributed by atoms with Crippen molar-refractivity contribution in [2.75, 3.05) is 6.61 Å². The van der Waals surface area contributed by atoms with Gasteiger partial charge < -0.3 is 20.5 Å². The third-order valence-electron chi connectivity index (χ3n) is 6.76. The molecule has 1 heterocycles. The van der Waals surface area contributed by atoms with Gasteiger partial charge in [-0.1, -0.05) is 48.5 Å². The number of alkyl carbamates (subject to hydrolysis) is 1. The SMILES string of the molecule is Cn1ncc(CNC(=O)CC2(NC(=O)OCC3c4ccccc4-c4ccccc43)CC2)c1C(=O)O. The van der Waals surface area contributed by atoms with Crippen molar-refractivity contribution in [3.8, 4) is 11.1 Å². The Morgan fingerprint density at radius 3 is 2.31 bits per heavy atom. The van der Waals surface area contributed by atoms with E-state index >= 15 is 0 Å². The van der Waals surface area contributed by atoms with Gasteiger partial charge in [-0.3, -0.25) is 9.48 Å². The fourth-order valence-corrected chi connectivity index (χ4v) is 4.80. The van der Waals surface area contributed by atoms with Crippen molar-refractivity contribution in [3.05, 3.63) is 77.1 Å². The zero-order valence-corrected chi connectivity index (χ0v) is 19.3. The first-order chi connectivity index (χ1) is 16.9. The smallest absolute Gasteiger partial charge is 0.407 e. The average Bonchev–Trinajstić information content (AvgIpc) is 3.35. The second-order valence-electron chi connectivity index (χ2n) is 9.13. The fourth-order valence-electron chi connectivity index (χ4n) is 4.80. The van der Waals surface area contributed by atoms with Gasteiger partial charge in [0.25, 0.3) is 0 Å². The number of aryl methyl sites for hydroxylation is 1. The molecule has 0 aliphatic heterocycles. The Morgan fingerprint density at radius 1 is 1.09 bits per heavy atom. The van der Waals surface area contributed by atoms with Crippen LogP contribution < -0.4 is 10.6 Å². The largest absolute Gasteiger partial charge is 0.477 e. The number of carbonyl (C=O) groups excluding carboxylic acids is 2. The minimum Gasteiger partial charge on any atom is -0.477 e. The maximum Gasteiger partial charge on any atom is 0.407 e. The lowest BCUT2D eigenvalue weighted by atomic mass is 9.98. The van der Waals surface area contributed by atoms with Crippen LogP contribution in [-0.4, -0.2) is 45.0 Å². The van der Waals surface area contributed by atoms with Crippen molar-refractivity contribution >= 4 is 18.0 Å². The van der Waals surface area contributed by atoms with Crippen LogP contribution in [0.4, 0.5) is 4.79 Å². The van der Waals surface area contributed by atoms with Gasteiger partial charge in [-0.05, 0) is 35.1 Å². The van der Waals surface area contributed by atoms with Gasteiger partial charge in [0.1, 0.15) is 6.61 Å². The van der Waals surface area contributed by atoms with Gasteiger partial charge in [0.05, 0.1) is 11.7 Å². The molecule has 0 atom stereocenters. The Hall–Kier alpha value is -4.14. The third-order valence-corrected chi connectivity index (χ3v) is 6.76. The van der Waals surface area contributed by atoms with Crippen molar-refractivity contribution in [2.24, 2.45) is 7.05 Å². The van der Waals surface area contributed by atoms with Crippen molar-refractivity contribution < 1.29 is 24.2 Å². The number of aromatic nitrogens is 2. The first kappa shape index (κ1) is 22.6.